The van der Waals surface area contributed by atoms with Crippen molar-refractivity contribution in [2.45, 2.75) is 111 Å². The number of carbonyl (C=O) groups is 3. The summed E-state index contributed by atoms with van der Waals surface area (Å²) >= 11 is 1.57. The van der Waals surface area contributed by atoms with Crippen LogP contribution in [0, 0.1) is 17.8 Å². The van der Waals surface area contributed by atoms with Gasteiger partial charge in [-0.3, -0.25) is 4.79 Å². The highest BCUT2D eigenvalue weighted by Gasteiger charge is 2.24. The topological polar surface area (TPSA) is 107 Å². The second kappa shape index (κ2) is 22.3. The monoisotopic (exact) mass is 542 g/mol. The number of carbonyl (C=O) groups excluding carboxylic acids is 1. The maximum Gasteiger partial charge on any atom is 0.327 e. The Morgan fingerprint density at radius 2 is 1.46 bits per heavy atom. The van der Waals surface area contributed by atoms with E-state index in [9.17, 15) is 14.7 Å². The fourth-order valence-corrected chi connectivity index (χ4v) is 5.53. The summed E-state index contributed by atoms with van der Waals surface area (Å²) in [6.07, 6.45) is 16.0. The zero-order chi connectivity index (χ0) is 28.1. The Balaban J connectivity index is 0.00000410. The molecule has 0 bridgehead atoms. The summed E-state index contributed by atoms with van der Waals surface area (Å²) in [4.78, 5) is 33.7. The Morgan fingerprint density at radius 1 is 0.946 bits per heavy atom. The Kier molecular flexibility index (Phi) is 21.3. The second-order valence-corrected chi connectivity index (χ2v) is 12.2. The molecule has 0 saturated carbocycles. The van der Waals surface area contributed by atoms with Gasteiger partial charge in [-0.05, 0) is 50.4 Å². The van der Waals surface area contributed by atoms with Crippen LogP contribution in [0.15, 0.2) is 11.6 Å². The van der Waals surface area contributed by atoms with Crippen LogP contribution in [-0.4, -0.2) is 64.2 Å². The molecule has 0 aliphatic carbocycles. The molecule has 1 saturated heterocycles. The van der Waals surface area contributed by atoms with Crippen molar-refractivity contribution in [2.24, 2.45) is 17.8 Å². The molecule has 37 heavy (non-hydrogen) atoms. The van der Waals surface area contributed by atoms with E-state index in [4.69, 9.17) is 9.90 Å². The van der Waals surface area contributed by atoms with Crippen LogP contribution in [0.1, 0.15) is 105 Å². The fraction of sp³-hybridized carbons (Fsp3) is 0.828. The van der Waals surface area contributed by atoms with Gasteiger partial charge in [-0.2, -0.15) is 11.8 Å². The van der Waals surface area contributed by atoms with Gasteiger partial charge >= 0.3 is 12.0 Å². The fourth-order valence-electron chi connectivity index (χ4n) is 4.53. The van der Waals surface area contributed by atoms with E-state index in [1.165, 1.54) is 56.9 Å². The number of urea groups is 1. The maximum atomic E-state index is 12.2. The lowest BCUT2D eigenvalue weighted by Gasteiger charge is -2.20. The van der Waals surface area contributed by atoms with Crippen molar-refractivity contribution < 1.29 is 24.6 Å². The number of allylic oxidation sites excluding steroid dienone is 1. The number of carboxylic acid groups (broad SMARTS) is 2. The van der Waals surface area contributed by atoms with E-state index in [0.29, 0.717) is 5.75 Å². The van der Waals surface area contributed by atoms with Gasteiger partial charge in [0.2, 0.25) is 0 Å². The standard InChI is InChI=1S/C28H52N2O3S.CH2O2/c1-22(2)11-8-12-23(3)13-9-14-24(4)15-10-16-25(5)17-20-34-21-26(27(31)32)29-28(33)30-18-6-7-19-30;2-1-3/h17,22-24,26H,6-16,18-21H2,1-5H3,(H,29,33)(H,31,32);1H,(H,2,3)/b25-17+;. The average molecular weight is 543 g/mol. The van der Waals surface area contributed by atoms with Crippen LogP contribution in [-0.2, 0) is 9.59 Å². The predicted octanol–water partition coefficient (Wildman–Crippen LogP) is 7.06. The number of rotatable bonds is 18. The predicted molar refractivity (Wildman–Crippen MR) is 155 cm³/mol. The number of hydrogen-bond donors (Lipinski definition) is 3. The number of hydrogen-bond acceptors (Lipinski definition) is 4. The van der Waals surface area contributed by atoms with E-state index in [1.807, 2.05) is 0 Å². The Hall–Kier alpha value is -1.70. The highest BCUT2D eigenvalue weighted by Crippen LogP contribution is 2.22. The number of thioether (sulfide) groups is 1. The van der Waals surface area contributed by atoms with Gasteiger partial charge in [0.15, 0.2) is 0 Å². The molecule has 0 aromatic rings. The molecule has 216 valence electrons. The molecule has 1 aliphatic heterocycles. The molecule has 0 radical (unpaired) electrons. The molecule has 0 aromatic heterocycles. The molecule has 1 rings (SSSR count). The molecule has 3 N–H and O–H groups in total. The molecule has 1 aliphatic rings. The Morgan fingerprint density at radius 3 is 1.97 bits per heavy atom. The number of likely N-dealkylation sites (tertiary alicyclic amines) is 1. The van der Waals surface area contributed by atoms with Crippen molar-refractivity contribution in [1.29, 1.82) is 0 Å². The summed E-state index contributed by atoms with van der Waals surface area (Å²) < 4.78 is 0. The Bertz CT molecular complexity index is 650. The third kappa shape index (κ3) is 20.0. The third-order valence-electron chi connectivity index (χ3n) is 6.96. The smallest absolute Gasteiger partial charge is 0.327 e. The van der Waals surface area contributed by atoms with Crippen LogP contribution in [0.2, 0.25) is 0 Å². The second-order valence-electron chi connectivity index (χ2n) is 11.1. The van der Waals surface area contributed by atoms with E-state index in [1.54, 1.807) is 16.7 Å². The minimum atomic E-state index is -0.959. The summed E-state index contributed by atoms with van der Waals surface area (Å²) in [5.74, 6) is 2.71. The van der Waals surface area contributed by atoms with Gasteiger partial charge in [0, 0.05) is 24.6 Å². The van der Waals surface area contributed by atoms with Gasteiger partial charge in [-0.15, -0.1) is 0 Å². The van der Waals surface area contributed by atoms with Crippen molar-refractivity contribution in [2.75, 3.05) is 24.6 Å². The molecule has 2 amide bonds. The maximum absolute atomic E-state index is 12.2. The van der Waals surface area contributed by atoms with Gasteiger partial charge < -0.3 is 20.4 Å². The highest BCUT2D eigenvalue weighted by atomic mass is 32.2. The number of aliphatic carboxylic acids is 1. The number of carboxylic acids is 1. The lowest BCUT2D eigenvalue weighted by Crippen LogP contribution is -2.48. The molecule has 1 heterocycles. The summed E-state index contributed by atoms with van der Waals surface area (Å²) in [6, 6.07) is -1.07. The summed E-state index contributed by atoms with van der Waals surface area (Å²) in [6.45, 7) is 12.8. The molecule has 7 nitrogen and oxygen atoms in total. The van der Waals surface area contributed by atoms with Crippen molar-refractivity contribution in [1.82, 2.24) is 10.2 Å². The largest absolute Gasteiger partial charge is 0.483 e. The van der Waals surface area contributed by atoms with Crippen LogP contribution in [0.5, 0.6) is 0 Å². The summed E-state index contributed by atoms with van der Waals surface area (Å²) in [5.41, 5.74) is 1.38. The zero-order valence-corrected chi connectivity index (χ0v) is 24.9. The first kappa shape index (κ1) is 35.3. The van der Waals surface area contributed by atoms with Crippen LogP contribution in [0.3, 0.4) is 0 Å². The first-order valence-corrected chi connectivity index (χ1v) is 15.4. The van der Waals surface area contributed by atoms with Crippen molar-refractivity contribution in [3.8, 4) is 0 Å². The lowest BCUT2D eigenvalue weighted by atomic mass is 9.91. The molecule has 8 heteroatoms. The van der Waals surface area contributed by atoms with Crippen LogP contribution in [0.25, 0.3) is 0 Å². The number of nitrogens with zero attached hydrogens (tertiary/aromatic N) is 1. The van der Waals surface area contributed by atoms with Crippen molar-refractivity contribution in [3.05, 3.63) is 11.6 Å². The molecule has 0 aromatic carbocycles. The van der Waals surface area contributed by atoms with Gasteiger partial charge in [0.25, 0.3) is 6.47 Å². The lowest BCUT2D eigenvalue weighted by molar-refractivity contribution is -0.138. The van der Waals surface area contributed by atoms with Gasteiger partial charge in [-0.25, -0.2) is 9.59 Å². The van der Waals surface area contributed by atoms with Crippen LogP contribution >= 0.6 is 11.8 Å². The van der Waals surface area contributed by atoms with E-state index in [0.717, 1.165) is 55.9 Å². The molecule has 3 atom stereocenters. The van der Waals surface area contributed by atoms with Gasteiger partial charge in [0.1, 0.15) is 6.04 Å². The average Bonchev–Trinajstić information content (AvgIpc) is 3.36. The normalized spacial score (nSPS) is 16.1. The van der Waals surface area contributed by atoms with Crippen molar-refractivity contribution >= 4 is 30.2 Å². The highest BCUT2D eigenvalue weighted by molar-refractivity contribution is 7.99. The van der Waals surface area contributed by atoms with Crippen LogP contribution < -0.4 is 5.32 Å². The van der Waals surface area contributed by atoms with E-state index >= 15 is 0 Å². The molecule has 3 unspecified atom stereocenters. The van der Waals surface area contributed by atoms with Crippen LogP contribution in [0.4, 0.5) is 4.79 Å². The Labute approximate surface area is 230 Å². The van der Waals surface area contributed by atoms with Gasteiger partial charge in [0.05, 0.1) is 0 Å². The zero-order valence-electron chi connectivity index (χ0n) is 24.0. The number of amides is 2. The summed E-state index contributed by atoms with van der Waals surface area (Å²) in [5, 5.41) is 19.0. The number of nitrogens with one attached hydrogen (secondary N) is 1. The first-order valence-electron chi connectivity index (χ1n) is 14.2. The molecular formula is C29H54N2O5S. The SMILES string of the molecule is C/C(=C\CSCC(NC(=O)N1CCCC1)C(=O)O)CCCC(C)CCCC(C)CCCC(C)C.O=CO. The molecular weight excluding hydrogens is 488 g/mol. The van der Waals surface area contributed by atoms with Gasteiger partial charge in [-0.1, -0.05) is 84.3 Å². The third-order valence-corrected chi connectivity index (χ3v) is 7.93. The van der Waals surface area contributed by atoms with E-state index in [2.05, 4.69) is 46.0 Å². The van der Waals surface area contributed by atoms with E-state index in [-0.39, 0.29) is 12.5 Å². The first-order chi connectivity index (χ1) is 17.6. The minimum absolute atomic E-state index is 0.244. The molecule has 1 fully saturated rings. The minimum Gasteiger partial charge on any atom is -0.483 e. The summed E-state index contributed by atoms with van der Waals surface area (Å²) in [7, 11) is 0. The van der Waals surface area contributed by atoms with E-state index < -0.39 is 12.0 Å². The molecule has 0 spiro atoms. The van der Waals surface area contributed by atoms with Crippen molar-refractivity contribution in [3.63, 3.8) is 0 Å². The quantitative estimate of drug-likeness (QED) is 0.0972.